The average Bonchev–Trinajstić information content (AvgIpc) is 2.44. The van der Waals surface area contributed by atoms with Crippen LogP contribution in [0.3, 0.4) is 0 Å². The van der Waals surface area contributed by atoms with Gasteiger partial charge in [-0.3, -0.25) is 5.41 Å². The highest BCUT2D eigenvalue weighted by Crippen LogP contribution is 2.40. The Bertz CT molecular complexity index is 512. The third kappa shape index (κ3) is 2.38. The van der Waals surface area contributed by atoms with Gasteiger partial charge in [0, 0.05) is 12.5 Å². The van der Waals surface area contributed by atoms with Crippen molar-refractivity contribution in [1.29, 1.82) is 5.41 Å². The van der Waals surface area contributed by atoms with Gasteiger partial charge in [0.1, 0.15) is 0 Å². The Morgan fingerprint density at radius 1 is 1.35 bits per heavy atom. The van der Waals surface area contributed by atoms with E-state index in [9.17, 15) is 5.11 Å². The van der Waals surface area contributed by atoms with Crippen molar-refractivity contribution in [3.05, 3.63) is 47.5 Å². The number of aliphatic hydroxyl groups is 1. The number of likely N-dealkylation sites (N-methyl/N-ethyl adjacent to an activating group) is 1. The Morgan fingerprint density at radius 2 is 1.95 bits per heavy atom. The zero-order valence-electron chi connectivity index (χ0n) is 13.2. The van der Waals surface area contributed by atoms with E-state index in [4.69, 9.17) is 5.41 Å². The van der Waals surface area contributed by atoms with Gasteiger partial charge in [-0.2, -0.15) is 0 Å². The summed E-state index contributed by atoms with van der Waals surface area (Å²) in [7, 11) is 1.84. The SMILES string of the molecule is C=CC(C)(N(C)C=N)C(C)(CO)c1ccc(C)cc1C. The van der Waals surface area contributed by atoms with Crippen molar-refractivity contribution in [2.24, 2.45) is 0 Å². The first-order valence-corrected chi connectivity index (χ1v) is 6.82. The molecule has 0 radical (unpaired) electrons. The van der Waals surface area contributed by atoms with Crippen LogP contribution < -0.4 is 0 Å². The fraction of sp³-hybridized carbons (Fsp3) is 0.471. The molecular weight excluding hydrogens is 248 g/mol. The summed E-state index contributed by atoms with van der Waals surface area (Å²) in [5, 5.41) is 17.6. The van der Waals surface area contributed by atoms with E-state index in [0.717, 1.165) is 11.1 Å². The minimum absolute atomic E-state index is 0.0163. The lowest BCUT2D eigenvalue weighted by atomic mass is 9.65. The number of hydrogen-bond acceptors (Lipinski definition) is 2. The van der Waals surface area contributed by atoms with Crippen molar-refractivity contribution in [2.45, 2.75) is 38.6 Å². The van der Waals surface area contributed by atoms with E-state index in [-0.39, 0.29) is 6.61 Å². The summed E-state index contributed by atoms with van der Waals surface area (Å²) >= 11 is 0. The fourth-order valence-corrected chi connectivity index (χ4v) is 2.84. The van der Waals surface area contributed by atoms with E-state index in [2.05, 4.69) is 38.6 Å². The molecule has 3 heteroatoms. The number of aliphatic hydroxyl groups excluding tert-OH is 1. The van der Waals surface area contributed by atoms with Gasteiger partial charge in [0.05, 0.1) is 18.5 Å². The maximum atomic E-state index is 10.1. The fourth-order valence-electron chi connectivity index (χ4n) is 2.84. The highest BCUT2D eigenvalue weighted by Gasteiger charge is 2.46. The van der Waals surface area contributed by atoms with E-state index in [1.54, 1.807) is 4.90 Å². The molecule has 0 aliphatic rings. The van der Waals surface area contributed by atoms with Gasteiger partial charge in [-0.25, -0.2) is 0 Å². The maximum Gasteiger partial charge on any atom is 0.0822 e. The second-order valence-corrected chi connectivity index (χ2v) is 5.90. The van der Waals surface area contributed by atoms with Crippen molar-refractivity contribution < 1.29 is 5.11 Å². The predicted molar refractivity (Wildman–Crippen MR) is 85.5 cm³/mol. The van der Waals surface area contributed by atoms with Crippen molar-refractivity contribution in [3.63, 3.8) is 0 Å². The normalized spacial score (nSPS) is 16.9. The van der Waals surface area contributed by atoms with Crippen molar-refractivity contribution in [3.8, 4) is 0 Å². The van der Waals surface area contributed by atoms with Crippen molar-refractivity contribution >= 4 is 6.34 Å². The van der Waals surface area contributed by atoms with Crippen LogP contribution in [0, 0.1) is 19.3 Å². The molecule has 20 heavy (non-hydrogen) atoms. The quantitative estimate of drug-likeness (QED) is 0.476. The smallest absolute Gasteiger partial charge is 0.0822 e. The van der Waals surface area contributed by atoms with E-state index in [0.29, 0.717) is 0 Å². The minimum Gasteiger partial charge on any atom is -0.395 e. The van der Waals surface area contributed by atoms with Crippen LogP contribution in [0.5, 0.6) is 0 Å². The third-order valence-corrected chi connectivity index (χ3v) is 4.73. The van der Waals surface area contributed by atoms with Crippen LogP contribution in [0.25, 0.3) is 0 Å². The van der Waals surface area contributed by atoms with Gasteiger partial charge in [-0.1, -0.05) is 36.8 Å². The number of aryl methyl sites for hydroxylation is 2. The first-order chi connectivity index (χ1) is 9.26. The lowest BCUT2D eigenvalue weighted by molar-refractivity contribution is 0.0949. The van der Waals surface area contributed by atoms with Crippen LogP contribution in [0.2, 0.25) is 0 Å². The van der Waals surface area contributed by atoms with Crippen LogP contribution in [-0.4, -0.2) is 35.5 Å². The first-order valence-electron chi connectivity index (χ1n) is 6.82. The van der Waals surface area contributed by atoms with Crippen molar-refractivity contribution in [2.75, 3.05) is 13.7 Å². The topological polar surface area (TPSA) is 47.3 Å². The largest absolute Gasteiger partial charge is 0.395 e. The Morgan fingerprint density at radius 3 is 2.35 bits per heavy atom. The van der Waals surface area contributed by atoms with Crippen LogP contribution in [0.4, 0.5) is 0 Å². The third-order valence-electron chi connectivity index (χ3n) is 4.73. The van der Waals surface area contributed by atoms with E-state index >= 15 is 0 Å². The molecule has 110 valence electrons. The summed E-state index contributed by atoms with van der Waals surface area (Å²) < 4.78 is 0. The van der Waals surface area contributed by atoms with Gasteiger partial charge in [0.25, 0.3) is 0 Å². The molecule has 1 aromatic rings. The van der Waals surface area contributed by atoms with Gasteiger partial charge in [-0.05, 0) is 31.9 Å². The lowest BCUT2D eigenvalue weighted by Crippen LogP contribution is -2.58. The number of nitrogens with one attached hydrogen (secondary N) is 1. The zero-order chi connectivity index (χ0) is 15.6. The van der Waals surface area contributed by atoms with Crippen molar-refractivity contribution in [1.82, 2.24) is 4.90 Å². The van der Waals surface area contributed by atoms with E-state index in [1.165, 1.54) is 11.9 Å². The Hall–Kier alpha value is -1.61. The van der Waals surface area contributed by atoms with Crippen LogP contribution in [0.15, 0.2) is 30.9 Å². The molecule has 0 saturated heterocycles. The van der Waals surface area contributed by atoms with E-state index in [1.807, 2.05) is 27.0 Å². The molecule has 2 atom stereocenters. The van der Waals surface area contributed by atoms with E-state index < -0.39 is 11.0 Å². The molecule has 0 saturated carbocycles. The van der Waals surface area contributed by atoms with Gasteiger partial charge < -0.3 is 10.0 Å². The molecule has 0 amide bonds. The molecular formula is C17H26N2O. The average molecular weight is 274 g/mol. The Kier molecular flexibility index (Phi) is 4.77. The number of nitrogens with zero attached hydrogens (tertiary/aromatic N) is 1. The zero-order valence-corrected chi connectivity index (χ0v) is 13.2. The molecule has 3 nitrogen and oxygen atoms in total. The molecule has 0 aromatic heterocycles. The lowest BCUT2D eigenvalue weighted by Gasteiger charge is -2.49. The molecule has 0 bridgehead atoms. The maximum absolute atomic E-state index is 10.1. The van der Waals surface area contributed by atoms with Gasteiger partial charge in [0.2, 0.25) is 0 Å². The number of rotatable bonds is 6. The molecule has 0 fully saturated rings. The summed E-state index contributed by atoms with van der Waals surface area (Å²) in [5.41, 5.74) is 2.34. The van der Waals surface area contributed by atoms with Crippen LogP contribution >= 0.6 is 0 Å². The molecule has 2 N–H and O–H groups in total. The molecule has 2 unspecified atom stereocenters. The highest BCUT2D eigenvalue weighted by molar-refractivity contribution is 5.55. The standard InChI is InChI=1S/C17H26N2O/c1-7-17(5,19(6)12-18)16(4,11-20)15-9-8-13(2)10-14(15)3/h7-10,12,18,20H,1,11H2,2-6H3. The molecule has 1 rings (SSSR count). The summed E-state index contributed by atoms with van der Waals surface area (Å²) in [6.07, 6.45) is 3.09. The highest BCUT2D eigenvalue weighted by atomic mass is 16.3. The summed E-state index contributed by atoms with van der Waals surface area (Å²) in [4.78, 5) is 1.79. The molecule has 0 heterocycles. The summed E-state index contributed by atoms with van der Waals surface area (Å²) in [6, 6.07) is 6.25. The number of hydrogen-bond donors (Lipinski definition) is 2. The molecule has 0 spiro atoms. The second-order valence-electron chi connectivity index (χ2n) is 5.90. The second kappa shape index (κ2) is 5.80. The number of benzene rings is 1. The van der Waals surface area contributed by atoms with Crippen LogP contribution in [0.1, 0.15) is 30.5 Å². The van der Waals surface area contributed by atoms with Crippen LogP contribution in [-0.2, 0) is 5.41 Å². The molecule has 0 aliphatic heterocycles. The predicted octanol–water partition coefficient (Wildman–Crippen LogP) is 3.04. The van der Waals surface area contributed by atoms with Gasteiger partial charge in [0.15, 0.2) is 0 Å². The Balaban J connectivity index is 3.53. The first kappa shape index (κ1) is 16.4. The molecule has 1 aromatic carbocycles. The molecule has 0 aliphatic carbocycles. The van der Waals surface area contributed by atoms with Gasteiger partial charge >= 0.3 is 0 Å². The minimum atomic E-state index is -0.552. The van der Waals surface area contributed by atoms with Gasteiger partial charge in [-0.15, -0.1) is 6.58 Å². The summed E-state index contributed by atoms with van der Waals surface area (Å²) in [5.74, 6) is 0. The monoisotopic (exact) mass is 274 g/mol. The Labute approximate surface area is 122 Å². The summed E-state index contributed by atoms with van der Waals surface area (Å²) in [6.45, 7) is 12.1.